The monoisotopic (exact) mass is 209 g/mol. The van der Waals surface area contributed by atoms with Crippen molar-refractivity contribution in [2.24, 2.45) is 5.41 Å². The summed E-state index contributed by atoms with van der Waals surface area (Å²) < 4.78 is 5.28. The Kier molecular flexibility index (Phi) is 2.99. The van der Waals surface area contributed by atoms with Gasteiger partial charge in [0, 0.05) is 18.5 Å². The van der Waals surface area contributed by atoms with Crippen molar-refractivity contribution in [1.29, 1.82) is 0 Å². The third-order valence-corrected chi connectivity index (χ3v) is 2.47. The third-order valence-electron chi connectivity index (χ3n) is 2.47. The van der Waals surface area contributed by atoms with Gasteiger partial charge in [-0.1, -0.05) is 5.92 Å². The van der Waals surface area contributed by atoms with E-state index in [0.29, 0.717) is 13.1 Å². The van der Waals surface area contributed by atoms with Gasteiger partial charge in [-0.2, -0.15) is 0 Å². The van der Waals surface area contributed by atoms with Crippen LogP contribution in [0.1, 0.15) is 34.1 Å². The zero-order valence-corrected chi connectivity index (χ0v) is 9.96. The predicted molar refractivity (Wildman–Crippen MR) is 59.4 cm³/mol. The Balaban J connectivity index is 2.56. The number of ether oxygens (including phenoxy) is 1. The van der Waals surface area contributed by atoms with Crippen molar-refractivity contribution in [3.8, 4) is 12.3 Å². The van der Waals surface area contributed by atoms with Crippen molar-refractivity contribution >= 4 is 6.09 Å². The lowest BCUT2D eigenvalue weighted by Crippen LogP contribution is -2.36. The molecule has 1 aliphatic rings. The average Bonchev–Trinajstić information content (AvgIpc) is 2.46. The van der Waals surface area contributed by atoms with Crippen LogP contribution in [0, 0.1) is 17.8 Å². The lowest BCUT2D eigenvalue weighted by molar-refractivity contribution is 0.0283. The summed E-state index contributed by atoms with van der Waals surface area (Å²) >= 11 is 0. The van der Waals surface area contributed by atoms with E-state index < -0.39 is 5.60 Å². The van der Waals surface area contributed by atoms with E-state index in [1.807, 2.05) is 27.7 Å². The first-order chi connectivity index (χ1) is 6.76. The summed E-state index contributed by atoms with van der Waals surface area (Å²) in [6, 6.07) is 0. The first-order valence-electron chi connectivity index (χ1n) is 5.21. The van der Waals surface area contributed by atoms with Gasteiger partial charge in [0.2, 0.25) is 0 Å². The van der Waals surface area contributed by atoms with Crippen LogP contribution < -0.4 is 0 Å². The van der Waals surface area contributed by atoms with Crippen LogP contribution in [0.25, 0.3) is 0 Å². The van der Waals surface area contributed by atoms with E-state index in [-0.39, 0.29) is 11.5 Å². The minimum Gasteiger partial charge on any atom is -0.444 e. The highest BCUT2D eigenvalue weighted by atomic mass is 16.6. The topological polar surface area (TPSA) is 29.5 Å². The highest BCUT2D eigenvalue weighted by Gasteiger charge is 2.36. The molecule has 1 heterocycles. The Morgan fingerprint density at radius 2 is 2.13 bits per heavy atom. The Bertz CT molecular complexity index is 298. The van der Waals surface area contributed by atoms with Gasteiger partial charge < -0.3 is 9.64 Å². The summed E-state index contributed by atoms with van der Waals surface area (Å²) in [6.45, 7) is 8.87. The molecule has 1 aliphatic heterocycles. The number of hydrogen-bond donors (Lipinski definition) is 0. The van der Waals surface area contributed by atoms with Crippen LogP contribution in [0.4, 0.5) is 4.79 Å². The molecule has 0 aromatic rings. The molecular formula is C12H19NO2. The Hall–Kier alpha value is -1.17. The Morgan fingerprint density at radius 1 is 1.53 bits per heavy atom. The van der Waals surface area contributed by atoms with Gasteiger partial charge in [0.25, 0.3) is 0 Å². The fourth-order valence-corrected chi connectivity index (χ4v) is 1.56. The fraction of sp³-hybridized carbons (Fsp3) is 0.750. The summed E-state index contributed by atoms with van der Waals surface area (Å²) in [7, 11) is 0. The van der Waals surface area contributed by atoms with Crippen LogP contribution in [0.15, 0.2) is 0 Å². The van der Waals surface area contributed by atoms with Gasteiger partial charge in [-0.3, -0.25) is 0 Å². The maximum absolute atomic E-state index is 11.7. The van der Waals surface area contributed by atoms with Crippen molar-refractivity contribution in [2.75, 3.05) is 13.1 Å². The number of likely N-dealkylation sites (tertiary alicyclic amines) is 1. The summed E-state index contributed by atoms with van der Waals surface area (Å²) in [6.07, 6.45) is 6.02. The molecule has 1 rings (SSSR count). The first-order valence-corrected chi connectivity index (χ1v) is 5.21. The molecule has 0 unspecified atom stereocenters. The molecule has 0 spiro atoms. The van der Waals surface area contributed by atoms with E-state index in [9.17, 15) is 4.79 Å². The summed E-state index contributed by atoms with van der Waals surface area (Å²) in [4.78, 5) is 13.4. The summed E-state index contributed by atoms with van der Waals surface area (Å²) in [5, 5.41) is 0. The van der Waals surface area contributed by atoms with E-state index in [1.54, 1.807) is 4.90 Å². The zero-order chi connectivity index (χ0) is 11.7. The predicted octanol–water partition coefficient (Wildman–Crippen LogP) is 2.27. The van der Waals surface area contributed by atoms with Crippen LogP contribution >= 0.6 is 0 Å². The number of carbonyl (C=O) groups excluding carboxylic acids is 1. The molecular weight excluding hydrogens is 190 g/mol. The number of carbonyl (C=O) groups is 1. The molecule has 0 aliphatic carbocycles. The standard InChI is InChI=1S/C12H19NO2/c1-6-12(5)7-8-13(9-12)10(14)15-11(2,3)4/h1H,7-9H2,2-5H3/t12-/m0/s1. The number of rotatable bonds is 0. The van der Waals surface area contributed by atoms with E-state index in [0.717, 1.165) is 6.42 Å². The SMILES string of the molecule is C#C[C@@]1(C)CCN(C(=O)OC(C)(C)C)C1. The van der Waals surface area contributed by atoms with Crippen molar-refractivity contribution in [3.63, 3.8) is 0 Å². The molecule has 84 valence electrons. The molecule has 0 radical (unpaired) electrons. The van der Waals surface area contributed by atoms with Gasteiger partial charge in [0.1, 0.15) is 5.60 Å². The van der Waals surface area contributed by atoms with Crippen LogP contribution in [-0.4, -0.2) is 29.7 Å². The molecule has 1 fully saturated rings. The average molecular weight is 209 g/mol. The second kappa shape index (κ2) is 3.77. The van der Waals surface area contributed by atoms with Gasteiger partial charge >= 0.3 is 6.09 Å². The largest absolute Gasteiger partial charge is 0.444 e. The minimum atomic E-state index is -0.438. The molecule has 3 heteroatoms. The van der Waals surface area contributed by atoms with Crippen molar-refractivity contribution in [3.05, 3.63) is 0 Å². The smallest absolute Gasteiger partial charge is 0.410 e. The van der Waals surface area contributed by atoms with E-state index in [2.05, 4.69) is 5.92 Å². The summed E-state index contributed by atoms with van der Waals surface area (Å²) in [5.74, 6) is 2.74. The molecule has 15 heavy (non-hydrogen) atoms. The van der Waals surface area contributed by atoms with Crippen LogP contribution in [0.3, 0.4) is 0 Å². The number of nitrogens with zero attached hydrogens (tertiary/aromatic N) is 1. The number of hydrogen-bond acceptors (Lipinski definition) is 2. The number of amides is 1. The first kappa shape index (κ1) is 11.9. The minimum absolute atomic E-state index is 0.184. The van der Waals surface area contributed by atoms with E-state index in [4.69, 9.17) is 11.2 Å². The molecule has 0 N–H and O–H groups in total. The number of terminal acetylenes is 1. The Morgan fingerprint density at radius 3 is 2.53 bits per heavy atom. The van der Waals surface area contributed by atoms with E-state index >= 15 is 0 Å². The third kappa shape index (κ3) is 3.16. The van der Waals surface area contributed by atoms with Crippen molar-refractivity contribution in [2.45, 2.75) is 39.7 Å². The quantitative estimate of drug-likeness (QED) is 0.573. The molecule has 1 atom stereocenters. The maximum atomic E-state index is 11.7. The highest BCUT2D eigenvalue weighted by Crippen LogP contribution is 2.29. The van der Waals surface area contributed by atoms with Gasteiger partial charge in [0.15, 0.2) is 0 Å². The van der Waals surface area contributed by atoms with Gasteiger partial charge in [-0.05, 0) is 34.1 Å². The van der Waals surface area contributed by atoms with Crippen LogP contribution in [0.2, 0.25) is 0 Å². The molecule has 3 nitrogen and oxygen atoms in total. The van der Waals surface area contributed by atoms with Crippen molar-refractivity contribution in [1.82, 2.24) is 4.90 Å². The maximum Gasteiger partial charge on any atom is 0.410 e. The molecule has 1 saturated heterocycles. The zero-order valence-electron chi connectivity index (χ0n) is 9.96. The molecule has 0 aromatic heterocycles. The van der Waals surface area contributed by atoms with Crippen LogP contribution in [0.5, 0.6) is 0 Å². The molecule has 1 amide bonds. The highest BCUT2D eigenvalue weighted by molar-refractivity contribution is 5.68. The Labute approximate surface area is 91.8 Å². The molecule has 0 bridgehead atoms. The van der Waals surface area contributed by atoms with Gasteiger partial charge in [0.05, 0.1) is 0 Å². The normalized spacial score (nSPS) is 26.2. The molecule has 0 aromatic carbocycles. The van der Waals surface area contributed by atoms with E-state index in [1.165, 1.54) is 0 Å². The van der Waals surface area contributed by atoms with Crippen LogP contribution in [-0.2, 0) is 4.74 Å². The van der Waals surface area contributed by atoms with Gasteiger partial charge in [-0.15, -0.1) is 6.42 Å². The van der Waals surface area contributed by atoms with Gasteiger partial charge in [-0.25, -0.2) is 4.79 Å². The molecule has 0 saturated carbocycles. The lowest BCUT2D eigenvalue weighted by atomic mass is 9.91. The van der Waals surface area contributed by atoms with Crippen molar-refractivity contribution < 1.29 is 9.53 Å². The summed E-state index contributed by atoms with van der Waals surface area (Å²) in [5.41, 5.74) is -0.622. The second-order valence-electron chi connectivity index (χ2n) is 5.36. The second-order valence-corrected chi connectivity index (χ2v) is 5.36. The lowest BCUT2D eigenvalue weighted by Gasteiger charge is -2.25. The fourth-order valence-electron chi connectivity index (χ4n) is 1.56.